The van der Waals surface area contributed by atoms with Gasteiger partial charge in [-0.25, -0.2) is 4.98 Å². The van der Waals surface area contributed by atoms with E-state index in [2.05, 4.69) is 18.8 Å². The summed E-state index contributed by atoms with van der Waals surface area (Å²) in [5, 5.41) is 1.54. The summed E-state index contributed by atoms with van der Waals surface area (Å²) in [6, 6.07) is 7.83. The molecule has 3 nitrogen and oxygen atoms in total. The maximum absolute atomic E-state index is 6.23. The second-order valence-electron chi connectivity index (χ2n) is 5.59. The number of pyridine rings is 1. The predicted octanol–water partition coefficient (Wildman–Crippen LogP) is 4.85. The normalized spacial score (nSPS) is 11.3. The molecule has 0 aliphatic carbocycles. The number of nitrogens with zero attached hydrogens (tertiary/aromatic N) is 1. The molecule has 0 aliphatic rings. The summed E-state index contributed by atoms with van der Waals surface area (Å²) in [5.41, 5.74) is 1.77. The van der Waals surface area contributed by atoms with Crippen LogP contribution in [-0.2, 0) is 11.3 Å². The average molecular weight is 308 g/mol. The first-order valence-corrected chi connectivity index (χ1v) is 7.69. The van der Waals surface area contributed by atoms with Gasteiger partial charge in [0.2, 0.25) is 0 Å². The highest BCUT2D eigenvalue weighted by Crippen LogP contribution is 2.24. The first kappa shape index (κ1) is 16.1. The molecule has 0 radical (unpaired) electrons. The molecule has 21 heavy (non-hydrogen) atoms. The van der Waals surface area contributed by atoms with E-state index in [9.17, 15) is 0 Å². The van der Waals surface area contributed by atoms with Gasteiger partial charge in [-0.1, -0.05) is 25.4 Å². The molecule has 0 atom stereocenters. The van der Waals surface area contributed by atoms with Crippen LogP contribution >= 0.6 is 11.6 Å². The fourth-order valence-corrected chi connectivity index (χ4v) is 2.37. The zero-order valence-corrected chi connectivity index (χ0v) is 13.6. The van der Waals surface area contributed by atoms with Crippen LogP contribution in [-0.4, -0.2) is 18.7 Å². The first-order valence-electron chi connectivity index (χ1n) is 7.31. The average Bonchev–Trinajstić information content (AvgIpc) is 2.46. The SMILES string of the molecule is COc1ccc2cc(COCCCC(C)C)c(Cl)nc2c1. The van der Waals surface area contributed by atoms with Crippen molar-refractivity contribution in [1.29, 1.82) is 0 Å². The second-order valence-corrected chi connectivity index (χ2v) is 5.94. The Hall–Kier alpha value is -1.32. The fraction of sp³-hybridized carbons (Fsp3) is 0.471. The molecule has 0 aliphatic heterocycles. The standard InChI is InChI=1S/C17H22ClNO2/c1-12(2)5-4-8-21-11-14-9-13-6-7-15(20-3)10-16(13)19-17(14)18/h6-7,9-10,12H,4-5,8,11H2,1-3H3. The second kappa shape index (κ2) is 7.62. The third kappa shape index (κ3) is 4.58. The van der Waals surface area contributed by atoms with Gasteiger partial charge in [0.25, 0.3) is 0 Å². The van der Waals surface area contributed by atoms with E-state index in [1.165, 1.54) is 6.42 Å². The van der Waals surface area contributed by atoms with Crippen molar-refractivity contribution in [2.75, 3.05) is 13.7 Å². The topological polar surface area (TPSA) is 31.4 Å². The largest absolute Gasteiger partial charge is 0.497 e. The molecular formula is C17H22ClNO2. The maximum Gasteiger partial charge on any atom is 0.135 e. The molecule has 1 aromatic heterocycles. The van der Waals surface area contributed by atoms with Gasteiger partial charge in [-0.05, 0) is 37.0 Å². The van der Waals surface area contributed by atoms with Crippen molar-refractivity contribution in [2.45, 2.75) is 33.3 Å². The molecule has 0 amide bonds. The minimum Gasteiger partial charge on any atom is -0.497 e. The number of hydrogen-bond acceptors (Lipinski definition) is 3. The Kier molecular flexibility index (Phi) is 5.83. The molecule has 2 rings (SSSR count). The van der Waals surface area contributed by atoms with Gasteiger partial charge < -0.3 is 9.47 Å². The molecule has 0 saturated heterocycles. The van der Waals surface area contributed by atoms with Gasteiger partial charge in [0.1, 0.15) is 10.9 Å². The zero-order valence-electron chi connectivity index (χ0n) is 12.9. The number of hydrogen-bond donors (Lipinski definition) is 0. The van der Waals surface area contributed by atoms with Crippen LogP contribution in [0.2, 0.25) is 5.15 Å². The van der Waals surface area contributed by atoms with Crippen LogP contribution < -0.4 is 4.74 Å². The molecule has 0 saturated carbocycles. The number of halogens is 1. The van der Waals surface area contributed by atoms with E-state index in [1.807, 2.05) is 24.3 Å². The van der Waals surface area contributed by atoms with Gasteiger partial charge in [-0.3, -0.25) is 0 Å². The quantitative estimate of drug-likeness (QED) is 0.541. The number of fused-ring (bicyclic) bond motifs is 1. The van der Waals surface area contributed by atoms with Gasteiger partial charge in [0, 0.05) is 23.6 Å². The highest BCUT2D eigenvalue weighted by atomic mass is 35.5. The lowest BCUT2D eigenvalue weighted by atomic mass is 10.1. The summed E-state index contributed by atoms with van der Waals surface area (Å²) >= 11 is 6.23. The van der Waals surface area contributed by atoms with E-state index in [4.69, 9.17) is 21.1 Å². The van der Waals surface area contributed by atoms with Gasteiger partial charge >= 0.3 is 0 Å². The molecule has 0 unspecified atom stereocenters. The molecule has 114 valence electrons. The van der Waals surface area contributed by atoms with Gasteiger partial charge in [-0.15, -0.1) is 0 Å². The molecule has 1 heterocycles. The lowest BCUT2D eigenvalue weighted by molar-refractivity contribution is 0.115. The highest BCUT2D eigenvalue weighted by molar-refractivity contribution is 6.30. The van der Waals surface area contributed by atoms with Crippen LogP contribution in [0, 0.1) is 5.92 Å². The maximum atomic E-state index is 6.23. The van der Waals surface area contributed by atoms with Crippen LogP contribution in [0.25, 0.3) is 10.9 Å². The van der Waals surface area contributed by atoms with Crippen LogP contribution in [0.3, 0.4) is 0 Å². The fourth-order valence-electron chi connectivity index (χ4n) is 2.17. The van der Waals surface area contributed by atoms with Crippen molar-refractivity contribution in [3.05, 3.63) is 35.0 Å². The Labute approximate surface area is 131 Å². The summed E-state index contributed by atoms with van der Waals surface area (Å²) in [6.45, 7) is 5.71. The molecule has 4 heteroatoms. The Morgan fingerprint density at radius 3 is 2.76 bits per heavy atom. The molecule has 1 aromatic carbocycles. The summed E-state index contributed by atoms with van der Waals surface area (Å²) in [7, 11) is 1.64. The number of ether oxygens (including phenoxy) is 2. The van der Waals surface area contributed by atoms with E-state index < -0.39 is 0 Å². The van der Waals surface area contributed by atoms with Gasteiger partial charge in [-0.2, -0.15) is 0 Å². The van der Waals surface area contributed by atoms with E-state index in [0.29, 0.717) is 11.8 Å². The Bertz CT molecular complexity index is 599. The molecule has 2 aromatic rings. The Morgan fingerprint density at radius 2 is 2.05 bits per heavy atom. The van der Waals surface area contributed by atoms with Crippen LogP contribution in [0.15, 0.2) is 24.3 Å². The third-order valence-corrected chi connectivity index (χ3v) is 3.71. The van der Waals surface area contributed by atoms with Crippen molar-refractivity contribution >= 4 is 22.5 Å². The molecule has 0 spiro atoms. The van der Waals surface area contributed by atoms with E-state index in [0.717, 1.165) is 41.2 Å². The molecule has 0 bridgehead atoms. The lowest BCUT2D eigenvalue weighted by Crippen LogP contribution is -1.99. The van der Waals surface area contributed by atoms with E-state index >= 15 is 0 Å². The van der Waals surface area contributed by atoms with Crippen molar-refractivity contribution in [2.24, 2.45) is 5.92 Å². The molecule has 0 N–H and O–H groups in total. The Balaban J connectivity index is 2.01. The predicted molar refractivity (Wildman–Crippen MR) is 87.0 cm³/mol. The van der Waals surface area contributed by atoms with Crippen LogP contribution in [0.4, 0.5) is 0 Å². The number of aromatic nitrogens is 1. The highest BCUT2D eigenvalue weighted by Gasteiger charge is 2.06. The third-order valence-electron chi connectivity index (χ3n) is 3.38. The monoisotopic (exact) mass is 307 g/mol. The molecule has 0 fully saturated rings. The number of methoxy groups -OCH3 is 1. The van der Waals surface area contributed by atoms with Gasteiger partial charge in [0.05, 0.1) is 19.2 Å². The van der Waals surface area contributed by atoms with Crippen molar-refractivity contribution < 1.29 is 9.47 Å². The van der Waals surface area contributed by atoms with Crippen molar-refractivity contribution in [1.82, 2.24) is 4.98 Å². The van der Waals surface area contributed by atoms with E-state index in [1.54, 1.807) is 7.11 Å². The van der Waals surface area contributed by atoms with Crippen LogP contribution in [0.1, 0.15) is 32.3 Å². The van der Waals surface area contributed by atoms with Crippen molar-refractivity contribution in [3.63, 3.8) is 0 Å². The van der Waals surface area contributed by atoms with Crippen LogP contribution in [0.5, 0.6) is 5.75 Å². The minimum absolute atomic E-state index is 0.500. The minimum atomic E-state index is 0.500. The van der Waals surface area contributed by atoms with E-state index in [-0.39, 0.29) is 0 Å². The summed E-state index contributed by atoms with van der Waals surface area (Å²) in [6.07, 6.45) is 2.26. The summed E-state index contributed by atoms with van der Waals surface area (Å²) in [5.74, 6) is 1.50. The number of benzene rings is 1. The lowest BCUT2D eigenvalue weighted by Gasteiger charge is -2.09. The smallest absolute Gasteiger partial charge is 0.135 e. The summed E-state index contributed by atoms with van der Waals surface area (Å²) < 4.78 is 10.9. The number of rotatable bonds is 7. The Morgan fingerprint density at radius 1 is 1.24 bits per heavy atom. The summed E-state index contributed by atoms with van der Waals surface area (Å²) in [4.78, 5) is 4.42. The zero-order chi connectivity index (χ0) is 15.2. The first-order chi connectivity index (χ1) is 10.1. The van der Waals surface area contributed by atoms with Crippen molar-refractivity contribution in [3.8, 4) is 5.75 Å². The van der Waals surface area contributed by atoms with Gasteiger partial charge in [0.15, 0.2) is 0 Å². The molecular weight excluding hydrogens is 286 g/mol.